The molecule has 0 aliphatic heterocycles. The van der Waals surface area contributed by atoms with Crippen molar-refractivity contribution in [1.82, 2.24) is 10.6 Å². The summed E-state index contributed by atoms with van der Waals surface area (Å²) in [6.07, 6.45) is 10.0. The molecule has 0 saturated heterocycles. The van der Waals surface area contributed by atoms with Crippen molar-refractivity contribution in [2.75, 3.05) is 13.7 Å². The number of allylic oxidation sites excluding steroid dienone is 1. The number of halogens is 1. The van der Waals surface area contributed by atoms with E-state index in [1.54, 1.807) is 0 Å². The molecule has 0 heterocycles. The van der Waals surface area contributed by atoms with Gasteiger partial charge in [-0.25, -0.2) is 4.39 Å². The van der Waals surface area contributed by atoms with Crippen molar-refractivity contribution in [2.45, 2.75) is 64.5 Å². The van der Waals surface area contributed by atoms with E-state index in [2.05, 4.69) is 29.7 Å². The highest BCUT2D eigenvalue weighted by atomic mass is 19.1. The second-order valence-corrected chi connectivity index (χ2v) is 11.8. The predicted molar refractivity (Wildman–Crippen MR) is 131 cm³/mol. The number of rotatable bonds is 9. The third-order valence-electron chi connectivity index (χ3n) is 8.77. The maximum absolute atomic E-state index is 14.7. The van der Waals surface area contributed by atoms with Crippen LogP contribution in [0.3, 0.4) is 0 Å². The molecule has 36 heavy (non-hydrogen) atoms. The Bertz CT molecular complexity index is 1090. The van der Waals surface area contributed by atoms with Crippen LogP contribution in [0.25, 0.3) is 0 Å². The number of aldehydes is 1. The van der Waals surface area contributed by atoms with Crippen LogP contribution in [0.4, 0.5) is 4.39 Å². The molecule has 4 aliphatic carbocycles. The van der Waals surface area contributed by atoms with Crippen molar-refractivity contribution in [1.29, 1.82) is 0 Å². The van der Waals surface area contributed by atoms with Gasteiger partial charge in [-0.15, -0.1) is 0 Å². The molecule has 194 valence electrons. The Morgan fingerprint density at radius 1 is 1.14 bits per heavy atom. The normalized spacial score (nSPS) is 33.3. The summed E-state index contributed by atoms with van der Waals surface area (Å²) in [4.78, 5) is 37.8. The molecule has 7 nitrogen and oxygen atoms in total. The molecule has 2 amide bonds. The molecule has 1 aromatic carbocycles. The second-order valence-electron chi connectivity index (χ2n) is 11.8. The van der Waals surface area contributed by atoms with E-state index in [4.69, 9.17) is 9.47 Å². The van der Waals surface area contributed by atoms with Gasteiger partial charge in [0.2, 0.25) is 5.91 Å². The fourth-order valence-electron chi connectivity index (χ4n) is 6.29. The van der Waals surface area contributed by atoms with E-state index in [-0.39, 0.29) is 58.3 Å². The van der Waals surface area contributed by atoms with E-state index in [0.717, 1.165) is 31.6 Å². The van der Waals surface area contributed by atoms with Gasteiger partial charge in [0, 0.05) is 24.1 Å². The number of amides is 2. The molecule has 2 bridgehead atoms. The molecule has 4 atom stereocenters. The molecule has 0 spiro atoms. The highest BCUT2D eigenvalue weighted by Gasteiger charge is 2.49. The average molecular weight is 499 g/mol. The lowest BCUT2D eigenvalue weighted by Gasteiger charge is -2.40. The summed E-state index contributed by atoms with van der Waals surface area (Å²) < 4.78 is 25.8. The van der Waals surface area contributed by atoms with Gasteiger partial charge in [0.05, 0.1) is 18.6 Å². The zero-order valence-corrected chi connectivity index (χ0v) is 21.1. The van der Waals surface area contributed by atoms with Crippen LogP contribution in [0.2, 0.25) is 0 Å². The summed E-state index contributed by atoms with van der Waals surface area (Å²) in [7, 11) is 1.38. The van der Waals surface area contributed by atoms with Gasteiger partial charge in [0.1, 0.15) is 18.1 Å². The fraction of sp³-hybridized carbons (Fsp3) is 0.607. The van der Waals surface area contributed by atoms with Gasteiger partial charge in [-0.05, 0) is 55.4 Å². The molecular formula is C28H35FN2O5. The highest BCUT2D eigenvalue weighted by Crippen LogP contribution is 2.45. The van der Waals surface area contributed by atoms with Gasteiger partial charge in [-0.2, -0.15) is 0 Å². The third kappa shape index (κ3) is 4.50. The molecule has 0 radical (unpaired) electrons. The molecule has 3 fully saturated rings. The zero-order chi connectivity index (χ0) is 25.7. The SMILES string of the molecule is COc1cc(F)c(OC2CC(C)(C=O)C2)cc1C(=O)N[C@H]1[C@@H](C(=O)NCC2(C)CCC2)[C@H]2C=C[C@H]1C2. The largest absolute Gasteiger partial charge is 0.496 e. The Labute approximate surface area is 211 Å². The van der Waals surface area contributed by atoms with E-state index < -0.39 is 17.1 Å². The van der Waals surface area contributed by atoms with E-state index in [1.165, 1.54) is 19.6 Å². The summed E-state index contributed by atoms with van der Waals surface area (Å²) in [6.45, 7) is 4.69. The van der Waals surface area contributed by atoms with Gasteiger partial charge in [0.25, 0.3) is 5.91 Å². The standard InChI is InChI=1S/C28H35FN2O5/c1-27(7-4-8-27)14-30-26(34)23-16-5-6-17(9-16)24(23)31-25(33)19-10-22(20(29)11-21(19)35-3)36-18-12-28(2,13-18)15-32/h5-6,10-11,15-18,23-24H,4,7-9,12-14H2,1-3H3,(H,30,34)(H,31,33)/t16-,17-,18?,23-,24+,28?/m0/s1. The van der Waals surface area contributed by atoms with Crippen LogP contribution < -0.4 is 20.1 Å². The first-order valence-corrected chi connectivity index (χ1v) is 12.9. The molecule has 4 aliphatic rings. The van der Waals surface area contributed by atoms with Crippen LogP contribution in [0.15, 0.2) is 24.3 Å². The second kappa shape index (κ2) is 9.20. The maximum atomic E-state index is 14.7. The summed E-state index contributed by atoms with van der Waals surface area (Å²) >= 11 is 0. The van der Waals surface area contributed by atoms with Gasteiger partial charge >= 0.3 is 0 Å². The Balaban J connectivity index is 1.30. The van der Waals surface area contributed by atoms with E-state index in [1.807, 2.05) is 6.92 Å². The van der Waals surface area contributed by atoms with Crippen LogP contribution in [-0.4, -0.2) is 43.9 Å². The van der Waals surface area contributed by atoms with Crippen molar-refractivity contribution in [3.8, 4) is 11.5 Å². The molecule has 0 unspecified atom stereocenters. The quantitative estimate of drug-likeness (QED) is 0.399. The Kier molecular flexibility index (Phi) is 6.33. The van der Waals surface area contributed by atoms with Crippen LogP contribution >= 0.6 is 0 Å². The molecule has 3 saturated carbocycles. The van der Waals surface area contributed by atoms with Gasteiger partial charge < -0.3 is 24.9 Å². The van der Waals surface area contributed by atoms with Crippen molar-refractivity contribution in [2.24, 2.45) is 28.6 Å². The predicted octanol–water partition coefficient (Wildman–Crippen LogP) is 3.81. The number of hydrogen-bond acceptors (Lipinski definition) is 5. The van der Waals surface area contributed by atoms with Crippen molar-refractivity contribution < 1.29 is 28.2 Å². The number of carbonyl (C=O) groups is 3. The van der Waals surface area contributed by atoms with Crippen molar-refractivity contribution in [3.63, 3.8) is 0 Å². The first kappa shape index (κ1) is 24.8. The van der Waals surface area contributed by atoms with Crippen LogP contribution in [0.5, 0.6) is 11.5 Å². The third-order valence-corrected chi connectivity index (χ3v) is 8.77. The minimum absolute atomic E-state index is 0.0245. The molecule has 5 rings (SSSR count). The first-order chi connectivity index (χ1) is 17.1. The first-order valence-electron chi connectivity index (χ1n) is 12.9. The minimum atomic E-state index is -0.632. The van der Waals surface area contributed by atoms with Gasteiger partial charge in [-0.3, -0.25) is 9.59 Å². The number of hydrogen-bond donors (Lipinski definition) is 2. The lowest BCUT2D eigenvalue weighted by atomic mass is 9.69. The molecular weight excluding hydrogens is 463 g/mol. The smallest absolute Gasteiger partial charge is 0.255 e. The molecule has 0 aromatic heterocycles. The monoisotopic (exact) mass is 498 g/mol. The lowest BCUT2D eigenvalue weighted by molar-refractivity contribution is -0.127. The average Bonchev–Trinajstić information content (AvgIpc) is 3.42. The van der Waals surface area contributed by atoms with Crippen LogP contribution in [-0.2, 0) is 9.59 Å². The van der Waals surface area contributed by atoms with Gasteiger partial charge in [0.15, 0.2) is 11.6 Å². The molecule has 2 N–H and O–H groups in total. The number of fused-ring (bicyclic) bond motifs is 2. The number of carbonyl (C=O) groups excluding carboxylic acids is 3. The lowest BCUT2D eigenvalue weighted by Crippen LogP contribution is -2.50. The van der Waals surface area contributed by atoms with Crippen molar-refractivity contribution >= 4 is 18.1 Å². The molecule has 8 heteroatoms. The van der Waals surface area contributed by atoms with Crippen molar-refractivity contribution in [3.05, 3.63) is 35.7 Å². The number of benzene rings is 1. The fourth-order valence-corrected chi connectivity index (χ4v) is 6.29. The number of methoxy groups -OCH3 is 1. The summed E-state index contributed by atoms with van der Waals surface area (Å²) in [6, 6.07) is 2.16. The summed E-state index contributed by atoms with van der Waals surface area (Å²) in [5, 5.41) is 6.19. The van der Waals surface area contributed by atoms with Gasteiger partial charge in [-0.1, -0.05) is 32.4 Å². The highest BCUT2D eigenvalue weighted by molar-refractivity contribution is 5.98. The summed E-state index contributed by atoms with van der Waals surface area (Å²) in [5.74, 6) is -1.21. The molecule has 1 aromatic rings. The Hall–Kier alpha value is -2.90. The maximum Gasteiger partial charge on any atom is 0.255 e. The van der Waals surface area contributed by atoms with E-state index in [9.17, 15) is 18.8 Å². The topological polar surface area (TPSA) is 93.7 Å². The number of ether oxygens (including phenoxy) is 2. The van der Waals surface area contributed by atoms with Crippen LogP contribution in [0, 0.1) is 34.4 Å². The Morgan fingerprint density at radius 2 is 1.86 bits per heavy atom. The zero-order valence-electron chi connectivity index (χ0n) is 21.1. The van der Waals surface area contributed by atoms with E-state index >= 15 is 0 Å². The van der Waals surface area contributed by atoms with E-state index in [0.29, 0.717) is 19.4 Å². The minimum Gasteiger partial charge on any atom is -0.496 e. The summed E-state index contributed by atoms with van der Waals surface area (Å²) in [5.41, 5.74) is -0.128. The Morgan fingerprint density at radius 3 is 2.50 bits per heavy atom. The van der Waals surface area contributed by atoms with Crippen LogP contribution in [0.1, 0.15) is 62.7 Å². The number of nitrogens with one attached hydrogen (secondary N) is 2.